The molecular formula is C14H8Cl2N2OS2. The van der Waals surface area contributed by atoms with Crippen molar-refractivity contribution >= 4 is 56.9 Å². The number of anilines is 1. The SMILES string of the molecule is O=C(Nc1nc(-c2ccc(Cl)s2)cs1)c1cccc(Cl)c1. The molecule has 1 aromatic carbocycles. The van der Waals surface area contributed by atoms with Crippen LogP contribution < -0.4 is 5.32 Å². The number of benzene rings is 1. The topological polar surface area (TPSA) is 42.0 Å². The van der Waals surface area contributed by atoms with Gasteiger partial charge in [0, 0.05) is 16.0 Å². The number of hydrogen-bond donors (Lipinski definition) is 1. The van der Waals surface area contributed by atoms with Gasteiger partial charge in [-0.1, -0.05) is 29.3 Å². The first-order chi connectivity index (χ1) is 10.1. The van der Waals surface area contributed by atoms with Gasteiger partial charge in [-0.3, -0.25) is 10.1 Å². The number of hydrogen-bond acceptors (Lipinski definition) is 4. The average molecular weight is 355 g/mol. The van der Waals surface area contributed by atoms with Gasteiger partial charge >= 0.3 is 0 Å². The third-order valence-corrected chi connectivity index (χ3v) is 4.88. The summed E-state index contributed by atoms with van der Waals surface area (Å²) in [5.41, 5.74) is 1.30. The van der Waals surface area contributed by atoms with Crippen LogP contribution in [0.3, 0.4) is 0 Å². The molecule has 0 saturated heterocycles. The molecule has 1 N–H and O–H groups in total. The normalized spacial score (nSPS) is 10.6. The molecular weight excluding hydrogens is 347 g/mol. The van der Waals surface area contributed by atoms with E-state index in [1.54, 1.807) is 24.3 Å². The second-order valence-electron chi connectivity index (χ2n) is 4.11. The molecule has 0 unspecified atom stereocenters. The van der Waals surface area contributed by atoms with Crippen LogP contribution in [-0.2, 0) is 0 Å². The highest BCUT2D eigenvalue weighted by Crippen LogP contribution is 2.32. The number of amides is 1. The molecule has 0 spiro atoms. The highest BCUT2D eigenvalue weighted by atomic mass is 35.5. The van der Waals surface area contributed by atoms with E-state index in [-0.39, 0.29) is 5.91 Å². The molecule has 2 heterocycles. The van der Waals surface area contributed by atoms with E-state index in [0.29, 0.717) is 20.1 Å². The maximum atomic E-state index is 12.1. The molecule has 0 atom stereocenters. The van der Waals surface area contributed by atoms with E-state index >= 15 is 0 Å². The molecule has 106 valence electrons. The third kappa shape index (κ3) is 3.44. The number of nitrogens with one attached hydrogen (secondary N) is 1. The first-order valence-corrected chi connectivity index (χ1v) is 8.35. The van der Waals surface area contributed by atoms with E-state index in [9.17, 15) is 4.79 Å². The van der Waals surface area contributed by atoms with Gasteiger partial charge in [-0.25, -0.2) is 4.98 Å². The van der Waals surface area contributed by atoms with Gasteiger partial charge < -0.3 is 0 Å². The Balaban J connectivity index is 1.77. The first-order valence-electron chi connectivity index (χ1n) is 5.90. The van der Waals surface area contributed by atoms with E-state index in [0.717, 1.165) is 10.6 Å². The summed E-state index contributed by atoms with van der Waals surface area (Å²) in [6.07, 6.45) is 0. The summed E-state index contributed by atoms with van der Waals surface area (Å²) in [6.45, 7) is 0. The number of carbonyl (C=O) groups excluding carboxylic acids is 1. The average Bonchev–Trinajstić information content (AvgIpc) is 3.07. The number of carbonyl (C=O) groups is 1. The summed E-state index contributed by atoms with van der Waals surface area (Å²) < 4.78 is 0.711. The summed E-state index contributed by atoms with van der Waals surface area (Å²) in [7, 11) is 0. The molecule has 0 radical (unpaired) electrons. The van der Waals surface area contributed by atoms with Crippen LogP contribution in [0.4, 0.5) is 5.13 Å². The fourth-order valence-corrected chi connectivity index (χ4v) is 3.67. The molecule has 0 fully saturated rings. The van der Waals surface area contributed by atoms with Crippen molar-refractivity contribution in [1.29, 1.82) is 0 Å². The van der Waals surface area contributed by atoms with E-state index in [4.69, 9.17) is 23.2 Å². The van der Waals surface area contributed by atoms with E-state index < -0.39 is 0 Å². The van der Waals surface area contributed by atoms with Crippen molar-refractivity contribution in [2.24, 2.45) is 0 Å². The maximum Gasteiger partial charge on any atom is 0.257 e. The molecule has 0 aliphatic heterocycles. The summed E-state index contributed by atoms with van der Waals surface area (Å²) in [5.74, 6) is -0.234. The highest BCUT2D eigenvalue weighted by Gasteiger charge is 2.11. The molecule has 3 aromatic rings. The van der Waals surface area contributed by atoms with Crippen LogP contribution in [0.5, 0.6) is 0 Å². The minimum atomic E-state index is -0.234. The van der Waals surface area contributed by atoms with E-state index in [1.807, 2.05) is 17.5 Å². The molecule has 1 amide bonds. The lowest BCUT2D eigenvalue weighted by Gasteiger charge is -2.01. The Morgan fingerprint density at radius 3 is 2.76 bits per heavy atom. The Kier molecular flexibility index (Phi) is 4.26. The number of nitrogens with zero attached hydrogens (tertiary/aromatic N) is 1. The number of rotatable bonds is 3. The van der Waals surface area contributed by atoms with Crippen LogP contribution in [0.2, 0.25) is 9.36 Å². The van der Waals surface area contributed by atoms with Gasteiger partial charge in [-0.05, 0) is 30.3 Å². The molecule has 3 nitrogen and oxygen atoms in total. The van der Waals surface area contributed by atoms with Crippen LogP contribution in [0.1, 0.15) is 10.4 Å². The second-order valence-corrected chi connectivity index (χ2v) is 7.12. The minimum Gasteiger partial charge on any atom is -0.298 e. The van der Waals surface area contributed by atoms with Gasteiger partial charge in [0.1, 0.15) is 0 Å². The Morgan fingerprint density at radius 2 is 2.05 bits per heavy atom. The summed E-state index contributed by atoms with van der Waals surface area (Å²) in [6, 6.07) is 10.5. The Bertz CT molecular complexity index is 798. The maximum absolute atomic E-state index is 12.1. The van der Waals surface area contributed by atoms with E-state index in [2.05, 4.69) is 10.3 Å². The Hall–Kier alpha value is -1.40. The summed E-state index contributed by atoms with van der Waals surface area (Å²) in [5, 5.41) is 5.71. The van der Waals surface area contributed by atoms with E-state index in [1.165, 1.54) is 22.7 Å². The lowest BCUT2D eigenvalue weighted by Crippen LogP contribution is -2.11. The molecule has 0 saturated carbocycles. The second kappa shape index (κ2) is 6.15. The van der Waals surface area contributed by atoms with Crippen molar-refractivity contribution in [3.8, 4) is 10.6 Å². The van der Waals surface area contributed by atoms with Crippen molar-refractivity contribution in [1.82, 2.24) is 4.98 Å². The molecule has 0 bridgehead atoms. The van der Waals surface area contributed by atoms with Crippen LogP contribution in [0, 0.1) is 0 Å². The zero-order valence-electron chi connectivity index (χ0n) is 10.5. The third-order valence-electron chi connectivity index (χ3n) is 2.64. The zero-order valence-corrected chi connectivity index (χ0v) is 13.6. The fourth-order valence-electron chi connectivity index (χ4n) is 1.70. The quantitative estimate of drug-likeness (QED) is 0.681. The number of halogens is 2. The van der Waals surface area contributed by atoms with Crippen molar-refractivity contribution < 1.29 is 4.79 Å². The molecule has 2 aromatic heterocycles. The lowest BCUT2D eigenvalue weighted by atomic mass is 10.2. The van der Waals surface area contributed by atoms with Crippen LogP contribution in [-0.4, -0.2) is 10.9 Å². The molecule has 3 rings (SSSR count). The van der Waals surface area contributed by atoms with Gasteiger partial charge in [0.15, 0.2) is 5.13 Å². The predicted octanol–water partition coefficient (Wildman–Crippen LogP) is 5.43. The number of thiophene rings is 1. The van der Waals surface area contributed by atoms with Crippen LogP contribution in [0.25, 0.3) is 10.6 Å². The smallest absolute Gasteiger partial charge is 0.257 e. The predicted molar refractivity (Wildman–Crippen MR) is 89.8 cm³/mol. The molecule has 7 heteroatoms. The van der Waals surface area contributed by atoms with Gasteiger partial charge in [-0.15, -0.1) is 22.7 Å². The Labute approximate surface area is 139 Å². The van der Waals surface area contributed by atoms with Crippen LogP contribution in [0.15, 0.2) is 41.8 Å². The van der Waals surface area contributed by atoms with Gasteiger partial charge in [-0.2, -0.15) is 0 Å². The highest BCUT2D eigenvalue weighted by molar-refractivity contribution is 7.20. The fraction of sp³-hybridized carbons (Fsp3) is 0. The monoisotopic (exact) mass is 354 g/mol. The number of thiazole rings is 1. The summed E-state index contributed by atoms with van der Waals surface area (Å²) in [4.78, 5) is 17.5. The Morgan fingerprint density at radius 1 is 1.19 bits per heavy atom. The molecule has 0 aliphatic rings. The van der Waals surface area contributed by atoms with Crippen molar-refractivity contribution in [2.45, 2.75) is 0 Å². The minimum absolute atomic E-state index is 0.234. The zero-order chi connectivity index (χ0) is 14.8. The largest absolute Gasteiger partial charge is 0.298 e. The van der Waals surface area contributed by atoms with Gasteiger partial charge in [0.25, 0.3) is 5.91 Å². The standard InChI is InChI=1S/C14H8Cl2N2OS2/c15-9-3-1-2-8(6-9)13(19)18-14-17-10(7-20-14)11-4-5-12(16)21-11/h1-7H,(H,17,18,19). The van der Waals surface area contributed by atoms with Crippen LogP contribution >= 0.6 is 45.9 Å². The number of aromatic nitrogens is 1. The molecule has 0 aliphatic carbocycles. The van der Waals surface area contributed by atoms with Crippen molar-refractivity contribution in [3.63, 3.8) is 0 Å². The van der Waals surface area contributed by atoms with Crippen molar-refractivity contribution in [2.75, 3.05) is 5.32 Å². The summed E-state index contributed by atoms with van der Waals surface area (Å²) >= 11 is 14.6. The van der Waals surface area contributed by atoms with Gasteiger partial charge in [0.05, 0.1) is 14.9 Å². The lowest BCUT2D eigenvalue weighted by molar-refractivity contribution is 0.102. The first kappa shape index (κ1) is 14.5. The van der Waals surface area contributed by atoms with Gasteiger partial charge in [0.2, 0.25) is 0 Å². The van der Waals surface area contributed by atoms with Crippen molar-refractivity contribution in [3.05, 3.63) is 56.7 Å². The molecule has 21 heavy (non-hydrogen) atoms.